The number of carboxylic acid groups (broad SMARTS) is 1. The number of anilines is 1. The van der Waals surface area contributed by atoms with E-state index in [1.807, 2.05) is 0 Å². The number of aromatic nitrogens is 2. The Kier molecular flexibility index (Phi) is 8.50. The van der Waals surface area contributed by atoms with Crippen LogP contribution in [0.15, 0.2) is 71.4 Å². The van der Waals surface area contributed by atoms with E-state index in [4.69, 9.17) is 23.2 Å². The third kappa shape index (κ3) is 5.76. The molecule has 0 aliphatic heterocycles. The number of pyridine rings is 2. The van der Waals surface area contributed by atoms with Gasteiger partial charge in [0.1, 0.15) is 5.54 Å². The molecular formula is C30H27BrCl2N4O4. The lowest BCUT2D eigenvalue weighted by Gasteiger charge is -2.48. The minimum absolute atomic E-state index is 0.0393. The molecule has 1 atom stereocenters. The van der Waals surface area contributed by atoms with E-state index in [9.17, 15) is 19.5 Å². The van der Waals surface area contributed by atoms with Crippen molar-refractivity contribution >= 4 is 62.5 Å². The Balaban J connectivity index is 1.43. The zero-order chi connectivity index (χ0) is 29.2. The molecule has 11 heteroatoms. The molecule has 3 N–H and O–H groups in total. The van der Waals surface area contributed by atoms with Crippen molar-refractivity contribution in [1.82, 2.24) is 15.3 Å². The van der Waals surface area contributed by atoms with Gasteiger partial charge in [0, 0.05) is 49.0 Å². The summed E-state index contributed by atoms with van der Waals surface area (Å²) in [6.07, 6.45) is 10.5. The number of allylic oxidation sites excluding steroid dienone is 2. The summed E-state index contributed by atoms with van der Waals surface area (Å²) >= 11 is 15.7. The summed E-state index contributed by atoms with van der Waals surface area (Å²) in [7, 11) is 0. The number of nitrogens with one attached hydrogen (secondary N) is 2. The van der Waals surface area contributed by atoms with Gasteiger partial charge in [0.2, 0.25) is 0 Å². The van der Waals surface area contributed by atoms with Crippen LogP contribution in [0.4, 0.5) is 5.69 Å². The van der Waals surface area contributed by atoms with Crippen molar-refractivity contribution in [3.8, 4) is 0 Å². The van der Waals surface area contributed by atoms with Crippen LogP contribution in [0.1, 0.15) is 53.6 Å². The van der Waals surface area contributed by atoms with Gasteiger partial charge in [-0.2, -0.15) is 0 Å². The number of carbonyl (C=O) groups is 3. The summed E-state index contributed by atoms with van der Waals surface area (Å²) in [5.74, 6) is -1.48. The molecule has 212 valence electrons. The van der Waals surface area contributed by atoms with Gasteiger partial charge in [-0.3, -0.25) is 19.6 Å². The van der Waals surface area contributed by atoms with Crippen molar-refractivity contribution in [1.29, 1.82) is 0 Å². The molecule has 1 amide bonds. The van der Waals surface area contributed by atoms with Crippen molar-refractivity contribution in [2.24, 2.45) is 5.41 Å². The number of rotatable bonds is 9. The maximum atomic E-state index is 13.1. The van der Waals surface area contributed by atoms with Crippen LogP contribution in [0.3, 0.4) is 0 Å². The van der Waals surface area contributed by atoms with Crippen LogP contribution in [0.25, 0.3) is 0 Å². The molecule has 41 heavy (non-hydrogen) atoms. The van der Waals surface area contributed by atoms with Crippen molar-refractivity contribution < 1.29 is 19.5 Å². The molecule has 1 aromatic carbocycles. The Bertz CT molecular complexity index is 1500. The number of carbonyl (C=O) groups excluding carboxylic acids is 2. The highest BCUT2D eigenvalue weighted by atomic mass is 79.9. The molecule has 0 unspecified atom stereocenters. The molecule has 0 radical (unpaired) electrons. The maximum Gasteiger partial charge on any atom is 0.330 e. The zero-order valence-corrected chi connectivity index (χ0v) is 25.0. The molecular weight excluding hydrogens is 631 g/mol. The molecule has 2 aliphatic rings. The second kappa shape index (κ2) is 11.9. The third-order valence-electron chi connectivity index (χ3n) is 7.87. The molecule has 2 aromatic heterocycles. The predicted octanol–water partition coefficient (Wildman–Crippen LogP) is 6.37. The van der Waals surface area contributed by atoms with Gasteiger partial charge in [-0.1, -0.05) is 54.6 Å². The Morgan fingerprint density at radius 3 is 2.10 bits per heavy atom. The van der Waals surface area contributed by atoms with Crippen LogP contribution in [-0.4, -0.2) is 38.3 Å². The number of hydrogen-bond donors (Lipinski definition) is 3. The fourth-order valence-corrected chi connectivity index (χ4v) is 7.11. The monoisotopic (exact) mass is 656 g/mol. The van der Waals surface area contributed by atoms with Crippen LogP contribution in [0.5, 0.6) is 0 Å². The van der Waals surface area contributed by atoms with E-state index in [2.05, 4.69) is 36.5 Å². The number of Topliss-reactive ketones (excluding diaryl/α,β-unsaturated/α-hetero) is 1. The van der Waals surface area contributed by atoms with Gasteiger partial charge in [-0.15, -0.1) is 0 Å². The lowest BCUT2D eigenvalue weighted by molar-refractivity contribution is -0.145. The Hall–Kier alpha value is -3.27. The fourth-order valence-electron chi connectivity index (χ4n) is 5.71. The summed E-state index contributed by atoms with van der Waals surface area (Å²) in [5.41, 5.74) is 0.681. The third-order valence-corrected chi connectivity index (χ3v) is 9.20. The lowest BCUT2D eigenvalue weighted by Crippen LogP contribution is -2.61. The average molecular weight is 658 g/mol. The standard InChI is InChI=1S/C30H27BrCl2N4O4/c31-24-25(29(26(24)38)10-2-1-3-11-29)37-30(28(40)41,15-19-8-12-34-13-9-19)14-18-4-6-20(7-5-18)36-27(39)23-21(32)16-35-17-22(23)33/h4-9,12-13,16-17,37H,1-3,10-11,14-15H2,(H,36,39)(H,40,41)/t30-/m1/s1. The minimum atomic E-state index is -1.45. The molecule has 2 heterocycles. The smallest absolute Gasteiger partial charge is 0.330 e. The maximum absolute atomic E-state index is 13.1. The van der Waals surface area contributed by atoms with E-state index in [0.717, 1.165) is 30.4 Å². The van der Waals surface area contributed by atoms with Gasteiger partial charge in [0.15, 0.2) is 5.78 Å². The topological polar surface area (TPSA) is 121 Å². The van der Waals surface area contributed by atoms with Crippen LogP contribution in [-0.2, 0) is 22.4 Å². The summed E-state index contributed by atoms with van der Waals surface area (Å²) < 4.78 is 0.422. The Morgan fingerprint density at radius 2 is 1.51 bits per heavy atom. The van der Waals surface area contributed by atoms with Crippen molar-refractivity contribution in [2.75, 3.05) is 5.32 Å². The van der Waals surface area contributed by atoms with E-state index in [1.54, 1.807) is 48.8 Å². The predicted molar refractivity (Wildman–Crippen MR) is 160 cm³/mol. The van der Waals surface area contributed by atoms with E-state index >= 15 is 0 Å². The highest BCUT2D eigenvalue weighted by molar-refractivity contribution is 9.12. The SMILES string of the molecule is O=C(Nc1ccc(C[C@](Cc2ccncc2)(NC2=C(Br)C(=O)C23CCCCC3)C(=O)O)cc1)c1c(Cl)cncc1Cl. The molecule has 0 bridgehead atoms. The number of nitrogens with zero attached hydrogens (tertiary/aromatic N) is 2. The first kappa shape index (κ1) is 29.2. The van der Waals surface area contributed by atoms with E-state index < -0.39 is 22.8 Å². The van der Waals surface area contributed by atoms with Gasteiger partial charge in [0.05, 0.1) is 25.5 Å². The van der Waals surface area contributed by atoms with Crippen molar-refractivity contribution in [2.45, 2.75) is 50.5 Å². The second-order valence-corrected chi connectivity index (χ2v) is 12.1. The molecule has 0 saturated heterocycles. The number of amides is 1. The van der Waals surface area contributed by atoms with E-state index in [1.165, 1.54) is 12.4 Å². The van der Waals surface area contributed by atoms with Crippen LogP contribution >= 0.6 is 39.1 Å². The molecule has 2 aliphatic carbocycles. The van der Waals surface area contributed by atoms with Crippen LogP contribution in [0, 0.1) is 5.41 Å². The van der Waals surface area contributed by atoms with Gasteiger partial charge in [0.25, 0.3) is 5.91 Å². The average Bonchev–Trinajstić information content (AvgIpc) is 2.97. The number of aliphatic carboxylic acids is 1. The largest absolute Gasteiger partial charge is 0.479 e. The number of hydrogen-bond acceptors (Lipinski definition) is 6. The highest BCUT2D eigenvalue weighted by Crippen LogP contribution is 2.54. The molecule has 5 rings (SSSR count). The van der Waals surface area contributed by atoms with E-state index in [-0.39, 0.29) is 34.2 Å². The van der Waals surface area contributed by atoms with E-state index in [0.29, 0.717) is 28.7 Å². The quantitative estimate of drug-likeness (QED) is 0.244. The second-order valence-electron chi connectivity index (χ2n) is 10.5. The summed E-state index contributed by atoms with van der Waals surface area (Å²) in [5, 5.41) is 17.1. The number of benzene rings is 1. The first-order valence-electron chi connectivity index (χ1n) is 13.2. The molecule has 8 nitrogen and oxygen atoms in total. The summed E-state index contributed by atoms with van der Waals surface area (Å²) in [6.45, 7) is 0. The zero-order valence-electron chi connectivity index (χ0n) is 21.9. The molecule has 1 saturated carbocycles. The number of ketones is 1. The van der Waals surface area contributed by atoms with Crippen LogP contribution < -0.4 is 10.6 Å². The summed E-state index contributed by atoms with van der Waals surface area (Å²) in [4.78, 5) is 46.9. The van der Waals surface area contributed by atoms with Gasteiger partial charge in [-0.25, -0.2) is 4.79 Å². The highest BCUT2D eigenvalue weighted by Gasteiger charge is 2.56. The molecule has 1 fully saturated rings. The Morgan fingerprint density at radius 1 is 0.927 bits per heavy atom. The summed E-state index contributed by atoms with van der Waals surface area (Å²) in [6, 6.07) is 10.5. The molecule has 1 spiro atoms. The lowest BCUT2D eigenvalue weighted by atomic mass is 9.62. The van der Waals surface area contributed by atoms with Crippen molar-refractivity contribution in [3.63, 3.8) is 0 Å². The normalized spacial score (nSPS) is 17.5. The number of halogens is 3. The number of carboxylic acids is 1. The Labute approximate surface area is 255 Å². The first-order valence-corrected chi connectivity index (χ1v) is 14.7. The molecule has 3 aromatic rings. The van der Waals surface area contributed by atoms with Gasteiger partial charge in [-0.05, 0) is 64.2 Å². The van der Waals surface area contributed by atoms with Gasteiger partial charge >= 0.3 is 5.97 Å². The minimum Gasteiger partial charge on any atom is -0.479 e. The van der Waals surface area contributed by atoms with Crippen molar-refractivity contribution in [3.05, 3.63) is 98.1 Å². The van der Waals surface area contributed by atoms with Crippen LogP contribution in [0.2, 0.25) is 10.0 Å². The fraction of sp³-hybridized carbons (Fsp3) is 0.300. The first-order chi connectivity index (χ1) is 19.6. The van der Waals surface area contributed by atoms with Gasteiger partial charge < -0.3 is 15.7 Å².